The highest BCUT2D eigenvalue weighted by Gasteiger charge is 2.11. The van der Waals surface area contributed by atoms with Crippen LogP contribution in [0.25, 0.3) is 11.5 Å². The second-order valence-corrected chi connectivity index (χ2v) is 5.76. The van der Waals surface area contributed by atoms with Crippen molar-refractivity contribution in [1.82, 2.24) is 20.4 Å². The molecule has 0 fully saturated rings. The fourth-order valence-corrected chi connectivity index (χ4v) is 2.41. The van der Waals surface area contributed by atoms with Crippen LogP contribution in [0, 0.1) is 6.92 Å². The fourth-order valence-electron chi connectivity index (χ4n) is 2.41. The smallest absolute Gasteiger partial charge is 0.226 e. The van der Waals surface area contributed by atoms with Gasteiger partial charge in [0.1, 0.15) is 18.2 Å². The topological polar surface area (TPSA) is 79.7 Å². The molecule has 0 saturated carbocycles. The van der Waals surface area contributed by atoms with Crippen LogP contribution in [-0.4, -0.2) is 35.1 Å². The number of rotatable bonds is 5. The number of aliphatic imine (C=N–C) groups is 1. The molecule has 1 N–H and O–H groups in total. The number of aryl methyl sites for hydroxylation is 1. The van der Waals surface area contributed by atoms with Crippen molar-refractivity contribution in [2.45, 2.75) is 20.0 Å². The van der Waals surface area contributed by atoms with Crippen molar-refractivity contribution in [1.29, 1.82) is 0 Å². The molecule has 0 amide bonds. The molecule has 2 heterocycles. The van der Waals surface area contributed by atoms with Gasteiger partial charge in [0.05, 0.1) is 18.8 Å². The first-order valence-corrected chi connectivity index (χ1v) is 7.98. The largest absolute Gasteiger partial charge is 0.444 e. The molecule has 7 nitrogen and oxygen atoms in total. The summed E-state index contributed by atoms with van der Waals surface area (Å²) in [5.74, 6) is 1.35. The van der Waals surface area contributed by atoms with E-state index < -0.39 is 0 Å². The lowest BCUT2D eigenvalue weighted by Gasteiger charge is -2.20. The van der Waals surface area contributed by atoms with Gasteiger partial charge in [-0.05, 0) is 19.1 Å². The summed E-state index contributed by atoms with van der Waals surface area (Å²) in [5, 5.41) is 7.17. The zero-order chi connectivity index (χ0) is 17.6. The summed E-state index contributed by atoms with van der Waals surface area (Å²) in [4.78, 5) is 10.8. The lowest BCUT2D eigenvalue weighted by Crippen LogP contribution is -2.38. The van der Waals surface area contributed by atoms with Gasteiger partial charge >= 0.3 is 0 Å². The highest BCUT2D eigenvalue weighted by Crippen LogP contribution is 2.19. The van der Waals surface area contributed by atoms with E-state index in [9.17, 15) is 0 Å². The lowest BCUT2D eigenvalue weighted by atomic mass is 10.1. The molecule has 3 rings (SSSR count). The van der Waals surface area contributed by atoms with Crippen LogP contribution >= 0.6 is 24.0 Å². The van der Waals surface area contributed by atoms with Gasteiger partial charge in [-0.15, -0.1) is 24.0 Å². The Morgan fingerprint density at radius 1 is 1.19 bits per heavy atom. The highest BCUT2D eigenvalue weighted by molar-refractivity contribution is 14.0. The minimum absolute atomic E-state index is 0. The molecule has 0 radical (unpaired) electrons. The van der Waals surface area contributed by atoms with Crippen LogP contribution in [0.15, 0.2) is 56.8 Å². The molecule has 0 aliphatic rings. The zero-order valence-corrected chi connectivity index (χ0v) is 17.3. The maximum absolute atomic E-state index is 5.58. The van der Waals surface area contributed by atoms with E-state index in [1.807, 2.05) is 42.3 Å². The van der Waals surface area contributed by atoms with E-state index in [1.165, 1.54) is 5.56 Å². The van der Waals surface area contributed by atoms with E-state index in [2.05, 4.69) is 27.4 Å². The Kier molecular flexibility index (Phi) is 7.19. The molecule has 0 unspecified atom stereocenters. The lowest BCUT2D eigenvalue weighted by molar-refractivity contribution is 0.391. The maximum Gasteiger partial charge on any atom is 0.226 e. The van der Waals surface area contributed by atoms with Crippen LogP contribution in [0.2, 0.25) is 0 Å². The molecule has 138 valence electrons. The van der Waals surface area contributed by atoms with Crippen LogP contribution in [0.4, 0.5) is 0 Å². The van der Waals surface area contributed by atoms with E-state index in [1.54, 1.807) is 19.6 Å². The van der Waals surface area contributed by atoms with Crippen LogP contribution in [-0.2, 0) is 13.1 Å². The van der Waals surface area contributed by atoms with Gasteiger partial charge in [0.15, 0.2) is 5.96 Å². The number of guanidine groups is 1. The number of oxazole rings is 1. The van der Waals surface area contributed by atoms with Crippen molar-refractivity contribution in [3.63, 3.8) is 0 Å². The zero-order valence-electron chi connectivity index (χ0n) is 15.0. The number of halogens is 1. The van der Waals surface area contributed by atoms with E-state index >= 15 is 0 Å². The second-order valence-electron chi connectivity index (χ2n) is 5.76. The summed E-state index contributed by atoms with van der Waals surface area (Å²) in [6, 6.07) is 9.91. The van der Waals surface area contributed by atoms with Gasteiger partial charge in [-0.25, -0.2) is 4.98 Å². The summed E-state index contributed by atoms with van der Waals surface area (Å²) < 4.78 is 10.4. The van der Waals surface area contributed by atoms with E-state index in [0.717, 1.165) is 22.9 Å². The Balaban J connectivity index is 0.00000243. The molecule has 0 spiro atoms. The van der Waals surface area contributed by atoms with Crippen LogP contribution in [0.3, 0.4) is 0 Å². The Hall–Kier alpha value is -2.36. The van der Waals surface area contributed by atoms with Gasteiger partial charge in [0.25, 0.3) is 0 Å². The normalized spacial score (nSPS) is 11.1. The van der Waals surface area contributed by atoms with E-state index in [-0.39, 0.29) is 24.0 Å². The Labute approximate surface area is 169 Å². The van der Waals surface area contributed by atoms with E-state index in [0.29, 0.717) is 19.0 Å². The maximum atomic E-state index is 5.58. The molecular weight excluding hydrogens is 445 g/mol. The third-order valence-corrected chi connectivity index (χ3v) is 3.74. The summed E-state index contributed by atoms with van der Waals surface area (Å²) in [5.41, 5.74) is 3.82. The first kappa shape index (κ1) is 20.0. The van der Waals surface area contributed by atoms with Crippen LogP contribution in [0.1, 0.15) is 17.0 Å². The van der Waals surface area contributed by atoms with Crippen LogP contribution < -0.4 is 5.32 Å². The average molecular weight is 467 g/mol. The number of aromatic nitrogens is 2. The quantitative estimate of drug-likeness (QED) is 0.352. The first-order valence-electron chi connectivity index (χ1n) is 7.98. The Morgan fingerprint density at radius 3 is 2.62 bits per heavy atom. The SMILES string of the molecule is CN=C(NCc1coc(-c2ccc(C)cc2)n1)N(C)Cc1ccon1.I. The molecule has 2 aromatic heterocycles. The molecule has 0 aliphatic carbocycles. The molecule has 8 heteroatoms. The third-order valence-electron chi connectivity index (χ3n) is 3.74. The van der Waals surface area contributed by atoms with Crippen molar-refractivity contribution >= 4 is 29.9 Å². The van der Waals surface area contributed by atoms with Gasteiger partial charge in [-0.3, -0.25) is 4.99 Å². The van der Waals surface area contributed by atoms with Gasteiger partial charge in [-0.2, -0.15) is 0 Å². The Morgan fingerprint density at radius 2 is 1.96 bits per heavy atom. The molecule has 0 bridgehead atoms. The summed E-state index contributed by atoms with van der Waals surface area (Å²) in [7, 11) is 3.67. The number of nitrogens with one attached hydrogen (secondary N) is 1. The number of benzene rings is 1. The van der Waals surface area contributed by atoms with Crippen molar-refractivity contribution in [3.8, 4) is 11.5 Å². The minimum atomic E-state index is 0. The van der Waals surface area contributed by atoms with Crippen LogP contribution in [0.5, 0.6) is 0 Å². The molecular formula is C18H22IN5O2. The van der Waals surface area contributed by atoms with Gasteiger partial charge in [0.2, 0.25) is 5.89 Å². The highest BCUT2D eigenvalue weighted by atomic mass is 127. The predicted molar refractivity (Wildman–Crippen MR) is 110 cm³/mol. The number of hydrogen-bond donors (Lipinski definition) is 1. The first-order chi connectivity index (χ1) is 12.2. The summed E-state index contributed by atoms with van der Waals surface area (Å²) in [6.07, 6.45) is 3.22. The fraction of sp³-hybridized carbons (Fsp3) is 0.278. The van der Waals surface area contributed by atoms with Crippen molar-refractivity contribution in [2.75, 3.05) is 14.1 Å². The van der Waals surface area contributed by atoms with Gasteiger partial charge in [0, 0.05) is 25.7 Å². The van der Waals surface area contributed by atoms with E-state index in [4.69, 9.17) is 8.94 Å². The average Bonchev–Trinajstić information content (AvgIpc) is 3.28. The van der Waals surface area contributed by atoms with Gasteiger partial charge in [-0.1, -0.05) is 22.9 Å². The minimum Gasteiger partial charge on any atom is -0.444 e. The third kappa shape index (κ3) is 5.07. The summed E-state index contributed by atoms with van der Waals surface area (Å²) >= 11 is 0. The molecule has 0 aliphatic heterocycles. The molecule has 0 atom stereocenters. The molecule has 0 saturated heterocycles. The number of nitrogens with zero attached hydrogens (tertiary/aromatic N) is 4. The monoisotopic (exact) mass is 467 g/mol. The van der Waals surface area contributed by atoms with Crippen molar-refractivity contribution in [2.24, 2.45) is 4.99 Å². The van der Waals surface area contributed by atoms with Crippen molar-refractivity contribution < 1.29 is 8.94 Å². The molecule has 1 aromatic carbocycles. The Bertz CT molecular complexity index is 828. The second kappa shape index (κ2) is 9.37. The molecule has 3 aromatic rings. The number of hydrogen-bond acceptors (Lipinski definition) is 5. The van der Waals surface area contributed by atoms with Gasteiger partial charge < -0.3 is 19.2 Å². The van der Waals surface area contributed by atoms with Crippen molar-refractivity contribution in [3.05, 3.63) is 59.8 Å². The summed E-state index contributed by atoms with van der Waals surface area (Å²) in [6.45, 7) is 3.17. The standard InChI is InChI=1S/C18H21N5O2.HI/c1-13-4-6-14(7-5-13)17-21-16(12-24-17)10-20-18(19-2)23(3)11-15-8-9-25-22-15;/h4-9,12H,10-11H2,1-3H3,(H,19,20);1H. The molecule has 26 heavy (non-hydrogen) atoms. The predicted octanol–water partition coefficient (Wildman–Crippen LogP) is 3.46.